The first kappa shape index (κ1) is 13.1. The molecule has 96 valence electrons. The lowest BCUT2D eigenvalue weighted by atomic mass is 9.99. The van der Waals surface area contributed by atoms with Gasteiger partial charge in [0.25, 0.3) is 0 Å². The van der Waals surface area contributed by atoms with Gasteiger partial charge in [0.15, 0.2) is 0 Å². The zero-order valence-electron chi connectivity index (χ0n) is 11.0. The summed E-state index contributed by atoms with van der Waals surface area (Å²) in [5.74, 6) is -0.0362. The highest BCUT2D eigenvalue weighted by molar-refractivity contribution is 5.25. The Hall–Kier alpha value is -1.37. The highest BCUT2D eigenvalue weighted by atomic mass is 15.1. The van der Waals surface area contributed by atoms with Gasteiger partial charge < -0.3 is 10.2 Å². The minimum Gasteiger partial charge on any atom is -0.312 e. The second-order valence-electron chi connectivity index (χ2n) is 5.08. The molecule has 1 atom stereocenters. The van der Waals surface area contributed by atoms with Crippen molar-refractivity contribution in [1.29, 1.82) is 5.26 Å². The number of hydrogen-bond donors (Lipinski definition) is 1. The Morgan fingerprint density at radius 1 is 1.33 bits per heavy atom. The Kier molecular flexibility index (Phi) is 4.74. The maximum Gasteiger partial charge on any atom is 0.0837 e. The lowest BCUT2D eigenvalue weighted by Gasteiger charge is -2.30. The van der Waals surface area contributed by atoms with E-state index >= 15 is 0 Å². The summed E-state index contributed by atoms with van der Waals surface area (Å²) >= 11 is 0. The summed E-state index contributed by atoms with van der Waals surface area (Å²) in [7, 11) is 2.16. The molecule has 1 saturated heterocycles. The molecule has 0 radical (unpaired) electrons. The van der Waals surface area contributed by atoms with Gasteiger partial charge in [0.1, 0.15) is 0 Å². The Morgan fingerprint density at radius 3 is 2.61 bits per heavy atom. The van der Waals surface area contributed by atoms with Gasteiger partial charge in [-0.15, -0.1) is 0 Å². The topological polar surface area (TPSA) is 39.1 Å². The Bertz CT molecular complexity index is 388. The number of benzene rings is 1. The minimum atomic E-state index is -0.0362. The van der Waals surface area contributed by atoms with Crippen LogP contribution in [0.5, 0.6) is 0 Å². The molecule has 1 aliphatic rings. The zero-order chi connectivity index (χ0) is 12.8. The molecule has 0 saturated carbocycles. The fraction of sp³-hybridized carbons (Fsp3) is 0.533. The third-order valence-corrected chi connectivity index (χ3v) is 3.69. The number of piperidine rings is 1. The molecule has 1 N–H and O–H groups in total. The highest BCUT2D eigenvalue weighted by Gasteiger charge is 2.18. The lowest BCUT2D eigenvalue weighted by molar-refractivity contribution is 0.234. The summed E-state index contributed by atoms with van der Waals surface area (Å²) in [5, 5.41) is 12.8. The average Bonchev–Trinajstić information content (AvgIpc) is 2.43. The molecule has 1 aromatic rings. The number of rotatable bonds is 4. The second kappa shape index (κ2) is 6.53. The molecule has 18 heavy (non-hydrogen) atoms. The average molecular weight is 243 g/mol. The van der Waals surface area contributed by atoms with Crippen LogP contribution in [0.4, 0.5) is 0 Å². The molecule has 1 aromatic carbocycles. The van der Waals surface area contributed by atoms with Gasteiger partial charge in [0.2, 0.25) is 0 Å². The molecule has 0 spiro atoms. The smallest absolute Gasteiger partial charge is 0.0837 e. The first-order chi connectivity index (χ1) is 8.79. The highest BCUT2D eigenvalue weighted by Crippen LogP contribution is 2.15. The van der Waals surface area contributed by atoms with Crippen molar-refractivity contribution in [3.05, 3.63) is 35.9 Å². The molecule has 2 rings (SSSR count). The quantitative estimate of drug-likeness (QED) is 0.879. The normalized spacial score (nSPS) is 19.3. The van der Waals surface area contributed by atoms with Crippen LogP contribution < -0.4 is 5.32 Å². The third kappa shape index (κ3) is 3.56. The molecule has 0 aromatic heterocycles. The molecule has 1 unspecified atom stereocenters. The van der Waals surface area contributed by atoms with E-state index in [4.69, 9.17) is 0 Å². The van der Waals surface area contributed by atoms with Crippen molar-refractivity contribution in [2.45, 2.75) is 24.8 Å². The first-order valence-corrected chi connectivity index (χ1v) is 6.66. The van der Waals surface area contributed by atoms with Gasteiger partial charge in [-0.3, -0.25) is 0 Å². The number of nitrogens with zero attached hydrogens (tertiary/aromatic N) is 2. The monoisotopic (exact) mass is 243 g/mol. The zero-order valence-corrected chi connectivity index (χ0v) is 11.0. The van der Waals surface area contributed by atoms with Crippen LogP contribution in [-0.4, -0.2) is 37.6 Å². The SMILES string of the molecule is CN1CCC(NCC(C#N)c2ccccc2)CC1. The standard InChI is InChI=1S/C15H21N3/c1-18-9-7-15(8-10-18)17-12-14(11-16)13-5-3-2-4-6-13/h2-6,14-15,17H,7-10,12H2,1H3. The van der Waals surface area contributed by atoms with Crippen molar-refractivity contribution >= 4 is 0 Å². The Morgan fingerprint density at radius 2 is 2.00 bits per heavy atom. The number of hydrogen-bond acceptors (Lipinski definition) is 3. The van der Waals surface area contributed by atoms with E-state index in [1.165, 1.54) is 12.8 Å². The van der Waals surface area contributed by atoms with Crippen LogP contribution in [0.2, 0.25) is 0 Å². The summed E-state index contributed by atoms with van der Waals surface area (Å²) in [6.07, 6.45) is 2.37. The molecular weight excluding hydrogens is 222 g/mol. The largest absolute Gasteiger partial charge is 0.312 e. The van der Waals surface area contributed by atoms with Crippen molar-refractivity contribution in [3.8, 4) is 6.07 Å². The van der Waals surface area contributed by atoms with E-state index in [2.05, 4.69) is 23.3 Å². The summed E-state index contributed by atoms with van der Waals surface area (Å²) < 4.78 is 0. The maximum atomic E-state index is 9.25. The fourth-order valence-electron chi connectivity index (χ4n) is 2.42. The van der Waals surface area contributed by atoms with Crippen molar-refractivity contribution in [2.75, 3.05) is 26.7 Å². The summed E-state index contributed by atoms with van der Waals surface area (Å²) in [4.78, 5) is 2.36. The van der Waals surface area contributed by atoms with E-state index in [1.54, 1.807) is 0 Å². The Labute approximate surface area is 109 Å². The van der Waals surface area contributed by atoms with Gasteiger partial charge >= 0.3 is 0 Å². The van der Waals surface area contributed by atoms with Crippen LogP contribution in [0.1, 0.15) is 24.3 Å². The van der Waals surface area contributed by atoms with Crippen molar-refractivity contribution in [3.63, 3.8) is 0 Å². The van der Waals surface area contributed by atoms with Crippen molar-refractivity contribution < 1.29 is 0 Å². The molecule has 0 aliphatic carbocycles. The van der Waals surface area contributed by atoms with E-state index in [0.29, 0.717) is 6.04 Å². The first-order valence-electron chi connectivity index (χ1n) is 6.66. The second-order valence-corrected chi connectivity index (χ2v) is 5.08. The minimum absolute atomic E-state index is 0.0362. The van der Waals surface area contributed by atoms with Crippen molar-refractivity contribution in [2.24, 2.45) is 0 Å². The molecular formula is C15H21N3. The molecule has 3 nitrogen and oxygen atoms in total. The summed E-state index contributed by atoms with van der Waals surface area (Å²) in [6.45, 7) is 3.06. The van der Waals surface area contributed by atoms with Gasteiger partial charge in [-0.2, -0.15) is 5.26 Å². The van der Waals surface area contributed by atoms with Gasteiger partial charge in [-0.05, 0) is 38.5 Å². The lowest BCUT2D eigenvalue weighted by Crippen LogP contribution is -2.42. The number of nitriles is 1. The molecule has 0 amide bonds. The molecule has 1 heterocycles. The molecule has 0 bridgehead atoms. The molecule has 1 fully saturated rings. The molecule has 3 heteroatoms. The van der Waals surface area contributed by atoms with Crippen LogP contribution >= 0.6 is 0 Å². The van der Waals surface area contributed by atoms with E-state index in [9.17, 15) is 5.26 Å². The van der Waals surface area contributed by atoms with E-state index in [0.717, 1.165) is 25.2 Å². The van der Waals surface area contributed by atoms with Gasteiger partial charge in [-0.1, -0.05) is 30.3 Å². The summed E-state index contributed by atoms with van der Waals surface area (Å²) in [5.41, 5.74) is 1.11. The number of nitrogens with one attached hydrogen (secondary N) is 1. The van der Waals surface area contributed by atoms with Crippen LogP contribution in [0.15, 0.2) is 30.3 Å². The summed E-state index contributed by atoms with van der Waals surface area (Å²) in [6, 6.07) is 13.0. The molecule has 1 aliphatic heterocycles. The predicted octanol–water partition coefficient (Wildman–Crippen LogP) is 1.98. The van der Waals surface area contributed by atoms with Crippen molar-refractivity contribution in [1.82, 2.24) is 10.2 Å². The van der Waals surface area contributed by atoms with Crippen LogP contribution in [-0.2, 0) is 0 Å². The van der Waals surface area contributed by atoms with E-state index < -0.39 is 0 Å². The fourth-order valence-corrected chi connectivity index (χ4v) is 2.42. The predicted molar refractivity (Wildman–Crippen MR) is 73.3 cm³/mol. The van der Waals surface area contributed by atoms with Crippen LogP contribution in [0.3, 0.4) is 0 Å². The maximum absolute atomic E-state index is 9.25. The number of likely N-dealkylation sites (tertiary alicyclic amines) is 1. The van der Waals surface area contributed by atoms with Crippen LogP contribution in [0, 0.1) is 11.3 Å². The third-order valence-electron chi connectivity index (χ3n) is 3.69. The van der Waals surface area contributed by atoms with Crippen LogP contribution in [0.25, 0.3) is 0 Å². The Balaban J connectivity index is 1.83. The van der Waals surface area contributed by atoms with Gasteiger partial charge in [0, 0.05) is 12.6 Å². The van der Waals surface area contributed by atoms with Gasteiger partial charge in [-0.25, -0.2) is 0 Å². The van der Waals surface area contributed by atoms with Gasteiger partial charge in [0.05, 0.1) is 12.0 Å². The van der Waals surface area contributed by atoms with E-state index in [-0.39, 0.29) is 5.92 Å². The van der Waals surface area contributed by atoms with E-state index in [1.807, 2.05) is 30.3 Å².